The smallest absolute Gasteiger partial charge is 0.265 e. The average molecular weight is 327 g/mol. The topological polar surface area (TPSA) is 63.4 Å². The van der Waals surface area contributed by atoms with E-state index in [9.17, 15) is 4.79 Å². The largest absolute Gasteiger partial charge is 0.338 e. The Hall–Kier alpha value is -2.28. The Morgan fingerprint density at radius 1 is 1.35 bits per heavy atom. The molecule has 0 aromatic carbocycles. The van der Waals surface area contributed by atoms with E-state index in [-0.39, 0.29) is 5.91 Å². The first-order valence-corrected chi connectivity index (χ1v) is 8.59. The molecule has 4 heterocycles. The van der Waals surface area contributed by atoms with Gasteiger partial charge in [-0.1, -0.05) is 0 Å². The van der Waals surface area contributed by atoms with Crippen molar-refractivity contribution in [3.63, 3.8) is 0 Å². The number of nitrogens with zero attached hydrogens (tertiary/aromatic N) is 5. The number of piperidine rings is 1. The van der Waals surface area contributed by atoms with Crippen LogP contribution in [0.5, 0.6) is 0 Å². The molecule has 0 bridgehead atoms. The monoisotopic (exact) mass is 327 g/mol. The van der Waals surface area contributed by atoms with Gasteiger partial charge in [0, 0.05) is 37.0 Å². The molecular formula is C16H17N5OS. The zero-order chi connectivity index (χ0) is 15.8. The third-order valence-corrected chi connectivity index (χ3v) is 5.11. The van der Waals surface area contributed by atoms with Gasteiger partial charge in [0.15, 0.2) is 5.65 Å². The van der Waals surface area contributed by atoms with Crippen LogP contribution in [-0.2, 0) is 0 Å². The molecule has 1 aliphatic heterocycles. The number of carbonyl (C=O) groups excluding carboxylic acids is 1. The Morgan fingerprint density at radius 2 is 2.17 bits per heavy atom. The first-order chi connectivity index (χ1) is 11.2. The predicted octanol–water partition coefficient (Wildman–Crippen LogP) is 2.51. The molecular weight excluding hydrogens is 310 g/mol. The second-order valence-corrected chi connectivity index (χ2v) is 6.74. The van der Waals surface area contributed by atoms with Gasteiger partial charge in [0.25, 0.3) is 5.91 Å². The molecule has 1 amide bonds. The highest BCUT2D eigenvalue weighted by molar-refractivity contribution is 7.11. The van der Waals surface area contributed by atoms with Gasteiger partial charge in [0.2, 0.25) is 0 Å². The molecule has 0 aliphatic carbocycles. The quantitative estimate of drug-likeness (QED) is 0.725. The van der Waals surface area contributed by atoms with E-state index in [0.717, 1.165) is 42.1 Å². The minimum absolute atomic E-state index is 0.0979. The second kappa shape index (κ2) is 5.73. The molecule has 1 saturated heterocycles. The summed E-state index contributed by atoms with van der Waals surface area (Å²) in [7, 11) is 0. The first-order valence-electron chi connectivity index (χ1n) is 7.71. The van der Waals surface area contributed by atoms with E-state index in [0.29, 0.717) is 5.92 Å². The maximum atomic E-state index is 12.4. The fourth-order valence-electron chi connectivity index (χ4n) is 3.19. The number of rotatable bonds is 2. The highest BCUT2D eigenvalue weighted by atomic mass is 32.1. The molecule has 0 unspecified atom stereocenters. The standard InChI is InChI=1S/C16H17N5OS/c1-11-8-15-18-5-2-13(21(15)19-11)12-3-6-20(7-4-12)16(22)14-9-17-10-23-14/h2,5,8-10,12H,3-4,6-7H2,1H3. The lowest BCUT2D eigenvalue weighted by Crippen LogP contribution is -2.37. The van der Waals surface area contributed by atoms with Gasteiger partial charge in [-0.15, -0.1) is 11.3 Å². The molecule has 0 spiro atoms. The van der Waals surface area contributed by atoms with Crippen LogP contribution in [0.4, 0.5) is 0 Å². The number of likely N-dealkylation sites (tertiary alicyclic amines) is 1. The lowest BCUT2D eigenvalue weighted by Gasteiger charge is -2.31. The average Bonchev–Trinajstić information content (AvgIpc) is 3.22. The maximum Gasteiger partial charge on any atom is 0.265 e. The van der Waals surface area contributed by atoms with E-state index in [1.54, 1.807) is 11.7 Å². The first kappa shape index (κ1) is 14.3. The molecule has 3 aromatic rings. The summed E-state index contributed by atoms with van der Waals surface area (Å²) in [6.07, 6.45) is 5.39. The van der Waals surface area contributed by atoms with Crippen molar-refractivity contribution in [3.8, 4) is 0 Å². The van der Waals surface area contributed by atoms with Crippen LogP contribution in [0, 0.1) is 6.92 Å². The van der Waals surface area contributed by atoms with E-state index in [1.165, 1.54) is 17.0 Å². The van der Waals surface area contributed by atoms with Crippen molar-refractivity contribution < 1.29 is 4.79 Å². The van der Waals surface area contributed by atoms with Crippen LogP contribution < -0.4 is 0 Å². The number of aryl methyl sites for hydroxylation is 1. The number of fused-ring (bicyclic) bond motifs is 1. The summed E-state index contributed by atoms with van der Waals surface area (Å²) in [4.78, 5) is 23.4. The number of hydrogen-bond donors (Lipinski definition) is 0. The van der Waals surface area contributed by atoms with Crippen molar-refractivity contribution in [2.75, 3.05) is 13.1 Å². The maximum absolute atomic E-state index is 12.4. The van der Waals surface area contributed by atoms with Crippen LogP contribution in [0.25, 0.3) is 5.65 Å². The fourth-order valence-corrected chi connectivity index (χ4v) is 3.78. The number of thiazole rings is 1. The SMILES string of the molecule is Cc1cc2nccc(C3CCN(C(=O)c4cncs4)CC3)n2n1. The normalized spacial score (nSPS) is 16.1. The van der Waals surface area contributed by atoms with E-state index in [1.807, 2.05) is 34.7 Å². The van der Waals surface area contributed by atoms with Gasteiger partial charge in [-0.3, -0.25) is 9.78 Å². The molecule has 0 saturated carbocycles. The van der Waals surface area contributed by atoms with Gasteiger partial charge >= 0.3 is 0 Å². The van der Waals surface area contributed by atoms with Crippen molar-refractivity contribution in [2.45, 2.75) is 25.7 Å². The minimum Gasteiger partial charge on any atom is -0.338 e. The second-order valence-electron chi connectivity index (χ2n) is 5.86. The molecule has 118 valence electrons. The van der Waals surface area contributed by atoms with Gasteiger partial charge < -0.3 is 4.90 Å². The van der Waals surface area contributed by atoms with Crippen LogP contribution >= 0.6 is 11.3 Å². The van der Waals surface area contributed by atoms with Crippen LogP contribution in [0.2, 0.25) is 0 Å². The van der Waals surface area contributed by atoms with Gasteiger partial charge in [-0.2, -0.15) is 5.10 Å². The van der Waals surface area contributed by atoms with Crippen molar-refractivity contribution in [1.82, 2.24) is 24.5 Å². The van der Waals surface area contributed by atoms with Gasteiger partial charge in [0.05, 0.1) is 17.4 Å². The molecule has 1 fully saturated rings. The van der Waals surface area contributed by atoms with Crippen LogP contribution in [0.3, 0.4) is 0 Å². The summed E-state index contributed by atoms with van der Waals surface area (Å²) in [5.41, 5.74) is 4.76. The Balaban J connectivity index is 1.52. The third-order valence-electron chi connectivity index (χ3n) is 4.35. The molecule has 1 aliphatic rings. The van der Waals surface area contributed by atoms with E-state index < -0.39 is 0 Å². The van der Waals surface area contributed by atoms with E-state index >= 15 is 0 Å². The van der Waals surface area contributed by atoms with Crippen molar-refractivity contribution in [1.29, 1.82) is 0 Å². The molecule has 3 aromatic heterocycles. The molecule has 4 rings (SSSR count). The highest BCUT2D eigenvalue weighted by Crippen LogP contribution is 2.29. The Labute approximate surface area is 137 Å². The van der Waals surface area contributed by atoms with Gasteiger partial charge in [-0.05, 0) is 25.8 Å². The minimum atomic E-state index is 0.0979. The van der Waals surface area contributed by atoms with Crippen LogP contribution in [-0.4, -0.2) is 43.5 Å². The Bertz CT molecular complexity index is 833. The van der Waals surface area contributed by atoms with Crippen LogP contribution in [0.15, 0.2) is 30.0 Å². The lowest BCUT2D eigenvalue weighted by molar-refractivity contribution is 0.0716. The highest BCUT2D eigenvalue weighted by Gasteiger charge is 2.26. The summed E-state index contributed by atoms with van der Waals surface area (Å²) in [6, 6.07) is 4.04. The van der Waals surface area contributed by atoms with Crippen LogP contribution in [0.1, 0.15) is 39.8 Å². The number of carbonyl (C=O) groups is 1. The number of aromatic nitrogens is 4. The summed E-state index contributed by atoms with van der Waals surface area (Å²) in [6.45, 7) is 3.52. The third kappa shape index (κ3) is 2.61. The summed E-state index contributed by atoms with van der Waals surface area (Å²) in [5.74, 6) is 0.506. The van der Waals surface area contributed by atoms with Crippen molar-refractivity contribution in [3.05, 3.63) is 46.3 Å². The molecule has 7 heteroatoms. The Morgan fingerprint density at radius 3 is 2.91 bits per heavy atom. The molecule has 0 radical (unpaired) electrons. The van der Waals surface area contributed by atoms with Gasteiger partial charge in [0.1, 0.15) is 4.88 Å². The predicted molar refractivity (Wildman–Crippen MR) is 87.7 cm³/mol. The fraction of sp³-hybridized carbons (Fsp3) is 0.375. The molecule has 6 nitrogen and oxygen atoms in total. The summed E-state index contributed by atoms with van der Waals surface area (Å²) >= 11 is 1.40. The van der Waals surface area contributed by atoms with Gasteiger partial charge in [-0.25, -0.2) is 9.50 Å². The zero-order valence-electron chi connectivity index (χ0n) is 12.8. The summed E-state index contributed by atoms with van der Waals surface area (Å²) in [5, 5.41) is 4.55. The van der Waals surface area contributed by atoms with Crippen molar-refractivity contribution in [2.24, 2.45) is 0 Å². The molecule has 0 atom stereocenters. The zero-order valence-corrected chi connectivity index (χ0v) is 13.7. The number of amides is 1. The van der Waals surface area contributed by atoms with E-state index in [2.05, 4.69) is 15.1 Å². The lowest BCUT2D eigenvalue weighted by atomic mass is 9.93. The van der Waals surface area contributed by atoms with E-state index in [4.69, 9.17) is 0 Å². The summed E-state index contributed by atoms with van der Waals surface area (Å²) < 4.78 is 1.95. The molecule has 0 N–H and O–H groups in total. The Kier molecular flexibility index (Phi) is 3.57. The number of hydrogen-bond acceptors (Lipinski definition) is 5. The molecule has 23 heavy (non-hydrogen) atoms. The van der Waals surface area contributed by atoms with Crippen molar-refractivity contribution >= 4 is 22.9 Å².